The molecule has 1 aliphatic rings. The molecule has 1 fully saturated rings. The number of nitrogens with one attached hydrogen (secondary N) is 1. The van der Waals surface area contributed by atoms with Gasteiger partial charge in [0, 0.05) is 30.1 Å². The number of benzene rings is 2. The first-order valence-electron chi connectivity index (χ1n) is 11.9. The van der Waals surface area contributed by atoms with Crippen molar-refractivity contribution in [3.8, 4) is 0 Å². The molecule has 1 aliphatic carbocycles. The molecule has 34 heavy (non-hydrogen) atoms. The van der Waals surface area contributed by atoms with Gasteiger partial charge in [-0.25, -0.2) is 0 Å². The van der Waals surface area contributed by atoms with Crippen LogP contribution in [0.5, 0.6) is 0 Å². The molecular weight excluding hydrogens is 433 g/mol. The molecule has 1 aromatic heterocycles. The summed E-state index contributed by atoms with van der Waals surface area (Å²) in [6, 6.07) is 23.5. The number of hydrogen-bond donors (Lipinski definition) is 1. The van der Waals surface area contributed by atoms with Gasteiger partial charge in [-0.05, 0) is 67.2 Å². The first-order chi connectivity index (χ1) is 16.4. The summed E-state index contributed by atoms with van der Waals surface area (Å²) in [5.74, 6) is 1.16. The summed E-state index contributed by atoms with van der Waals surface area (Å²) in [6.45, 7) is 5.17. The summed E-state index contributed by atoms with van der Waals surface area (Å²) in [5, 5.41) is 3.57. The molecule has 2 aromatic carbocycles. The molecular formula is C29H31F3N2. The summed E-state index contributed by atoms with van der Waals surface area (Å²) in [7, 11) is 0. The largest absolute Gasteiger partial charge is 0.417 e. The van der Waals surface area contributed by atoms with Crippen LogP contribution in [0.2, 0.25) is 0 Å². The second kappa shape index (κ2) is 10.9. The van der Waals surface area contributed by atoms with Crippen LogP contribution in [-0.2, 0) is 19.1 Å². The average molecular weight is 465 g/mol. The molecule has 3 aromatic rings. The molecule has 0 aliphatic heterocycles. The zero-order chi connectivity index (χ0) is 24.0. The predicted molar refractivity (Wildman–Crippen MR) is 130 cm³/mol. The number of pyridine rings is 1. The molecule has 0 saturated heterocycles. The Morgan fingerprint density at radius 2 is 1.56 bits per heavy atom. The van der Waals surface area contributed by atoms with E-state index in [1.807, 2.05) is 24.3 Å². The van der Waals surface area contributed by atoms with E-state index in [0.29, 0.717) is 11.8 Å². The van der Waals surface area contributed by atoms with Crippen molar-refractivity contribution in [3.63, 3.8) is 0 Å². The molecule has 1 N–H and O–H groups in total. The van der Waals surface area contributed by atoms with E-state index in [2.05, 4.69) is 53.3 Å². The lowest BCUT2D eigenvalue weighted by Crippen LogP contribution is -2.27. The zero-order valence-corrected chi connectivity index (χ0v) is 19.3. The van der Waals surface area contributed by atoms with Gasteiger partial charge in [-0.3, -0.25) is 4.98 Å². The Bertz CT molecular complexity index is 1040. The lowest BCUT2D eigenvalue weighted by atomic mass is 9.71. The molecule has 0 radical (unpaired) electrons. The van der Waals surface area contributed by atoms with Crippen molar-refractivity contribution in [1.82, 2.24) is 10.3 Å². The van der Waals surface area contributed by atoms with Crippen LogP contribution >= 0.6 is 0 Å². The topological polar surface area (TPSA) is 24.9 Å². The average Bonchev–Trinajstić information content (AvgIpc) is 2.85. The van der Waals surface area contributed by atoms with Crippen LogP contribution in [0.15, 0.2) is 91.3 Å². The summed E-state index contributed by atoms with van der Waals surface area (Å²) >= 11 is 0. The predicted octanol–water partition coefficient (Wildman–Crippen LogP) is 7.54. The fourth-order valence-corrected chi connectivity index (χ4v) is 5.07. The van der Waals surface area contributed by atoms with Crippen molar-refractivity contribution >= 4 is 0 Å². The smallest absolute Gasteiger partial charge is 0.384 e. The lowest BCUT2D eigenvalue weighted by molar-refractivity contribution is -0.137. The van der Waals surface area contributed by atoms with Crippen LogP contribution in [0.1, 0.15) is 54.0 Å². The Labute approximate surface area is 199 Å². The second-order valence-electron chi connectivity index (χ2n) is 9.27. The van der Waals surface area contributed by atoms with Gasteiger partial charge in [0.15, 0.2) is 0 Å². The molecule has 0 spiro atoms. The number of hydrogen-bond acceptors (Lipinski definition) is 2. The van der Waals surface area contributed by atoms with Crippen molar-refractivity contribution in [2.45, 2.75) is 50.7 Å². The minimum absolute atomic E-state index is 0.232. The van der Waals surface area contributed by atoms with E-state index >= 15 is 0 Å². The van der Waals surface area contributed by atoms with Gasteiger partial charge in [-0.1, -0.05) is 67.2 Å². The minimum atomic E-state index is -4.34. The van der Waals surface area contributed by atoms with Crippen molar-refractivity contribution in [2.75, 3.05) is 0 Å². The van der Waals surface area contributed by atoms with Gasteiger partial charge < -0.3 is 5.32 Å². The van der Waals surface area contributed by atoms with Crippen LogP contribution in [0, 0.1) is 11.8 Å². The van der Waals surface area contributed by atoms with Crippen molar-refractivity contribution in [3.05, 3.63) is 114 Å². The van der Waals surface area contributed by atoms with Crippen LogP contribution < -0.4 is 5.32 Å². The van der Waals surface area contributed by atoms with E-state index in [1.165, 1.54) is 17.2 Å². The van der Waals surface area contributed by atoms with E-state index in [4.69, 9.17) is 0 Å². The number of rotatable bonds is 8. The van der Waals surface area contributed by atoms with Crippen LogP contribution in [0.3, 0.4) is 0 Å². The Balaban J connectivity index is 1.38. The number of alkyl halides is 3. The summed E-state index contributed by atoms with van der Waals surface area (Å²) in [4.78, 5) is 4.08. The second-order valence-corrected chi connectivity index (χ2v) is 9.27. The maximum atomic E-state index is 12.8. The highest BCUT2D eigenvalue weighted by atomic mass is 19.4. The van der Waals surface area contributed by atoms with E-state index in [9.17, 15) is 13.2 Å². The third kappa shape index (κ3) is 6.28. The van der Waals surface area contributed by atoms with Crippen molar-refractivity contribution in [1.29, 1.82) is 0 Å². The van der Waals surface area contributed by atoms with E-state index in [-0.39, 0.29) is 5.92 Å². The summed E-state index contributed by atoms with van der Waals surface area (Å²) < 4.78 is 38.4. The molecule has 4 rings (SSSR count). The number of aromatic nitrogens is 1. The molecule has 5 heteroatoms. The van der Waals surface area contributed by atoms with E-state index < -0.39 is 11.7 Å². The Kier molecular flexibility index (Phi) is 7.71. The minimum Gasteiger partial charge on any atom is -0.384 e. The van der Waals surface area contributed by atoms with E-state index in [1.54, 1.807) is 0 Å². The van der Waals surface area contributed by atoms with Gasteiger partial charge in [-0.2, -0.15) is 13.2 Å². The summed E-state index contributed by atoms with van der Waals surface area (Å²) in [5.41, 5.74) is 3.60. The van der Waals surface area contributed by atoms with Gasteiger partial charge in [0.05, 0.1) is 5.56 Å². The normalized spacial score (nSPS) is 19.4. The highest BCUT2D eigenvalue weighted by Gasteiger charge is 2.32. The van der Waals surface area contributed by atoms with Crippen molar-refractivity contribution in [2.24, 2.45) is 11.8 Å². The monoisotopic (exact) mass is 464 g/mol. The number of allylic oxidation sites excluding steroid dienone is 1. The molecule has 0 amide bonds. The Hall–Kier alpha value is -3.08. The molecule has 1 atom stereocenters. The summed E-state index contributed by atoms with van der Waals surface area (Å²) in [6.07, 6.45) is 1.56. The van der Waals surface area contributed by atoms with Crippen LogP contribution in [-0.4, -0.2) is 4.98 Å². The molecule has 2 nitrogen and oxygen atoms in total. The zero-order valence-electron chi connectivity index (χ0n) is 19.3. The third-order valence-corrected chi connectivity index (χ3v) is 6.91. The van der Waals surface area contributed by atoms with Gasteiger partial charge >= 0.3 is 6.18 Å². The molecule has 0 bridgehead atoms. The Morgan fingerprint density at radius 1 is 0.912 bits per heavy atom. The van der Waals surface area contributed by atoms with Crippen LogP contribution in [0.25, 0.3) is 0 Å². The molecule has 1 saturated carbocycles. The SMILES string of the molecule is C=C(NCc1ccccc1)C(c1ccccc1)C1CCC(Cc2ccc(C(F)(F)F)cn2)CC1. The lowest BCUT2D eigenvalue weighted by Gasteiger charge is -2.35. The van der Waals surface area contributed by atoms with Gasteiger partial charge in [0.2, 0.25) is 0 Å². The molecule has 178 valence electrons. The molecule has 1 unspecified atom stereocenters. The Morgan fingerprint density at radius 3 is 2.15 bits per heavy atom. The number of halogens is 3. The highest BCUT2D eigenvalue weighted by molar-refractivity contribution is 5.29. The van der Waals surface area contributed by atoms with Gasteiger partial charge in [0.25, 0.3) is 0 Å². The quantitative estimate of drug-likeness (QED) is 0.373. The number of nitrogens with zero attached hydrogens (tertiary/aromatic N) is 1. The first kappa shape index (κ1) is 24.1. The molecule has 1 heterocycles. The maximum absolute atomic E-state index is 12.8. The highest BCUT2D eigenvalue weighted by Crippen LogP contribution is 2.42. The van der Waals surface area contributed by atoms with E-state index in [0.717, 1.165) is 62.3 Å². The van der Waals surface area contributed by atoms with Crippen LogP contribution in [0.4, 0.5) is 13.2 Å². The van der Waals surface area contributed by atoms with Gasteiger partial charge in [0.1, 0.15) is 0 Å². The fraction of sp³-hybridized carbons (Fsp3) is 0.345. The third-order valence-electron chi connectivity index (χ3n) is 6.91. The standard InChI is InChI=1S/C29H31F3N2/c1-21(33-19-23-8-4-2-5-9-23)28(24-10-6-3-7-11-24)25-14-12-22(13-15-25)18-27-17-16-26(20-34-27)29(30,31)32/h2-11,16-17,20,22,25,28,33H,1,12-15,18-19H2. The maximum Gasteiger partial charge on any atom is 0.417 e. The van der Waals surface area contributed by atoms with Gasteiger partial charge in [-0.15, -0.1) is 0 Å². The first-order valence-corrected chi connectivity index (χ1v) is 11.9. The fourth-order valence-electron chi connectivity index (χ4n) is 5.07. The van der Waals surface area contributed by atoms with Crippen molar-refractivity contribution < 1.29 is 13.2 Å².